The minimum atomic E-state index is -0.251. The molecule has 1 unspecified atom stereocenters. The van der Waals surface area contributed by atoms with E-state index in [4.69, 9.17) is 4.74 Å². The molecule has 3 heterocycles. The number of pyridine rings is 1. The number of aromatic nitrogens is 1. The van der Waals surface area contributed by atoms with Gasteiger partial charge in [0, 0.05) is 25.4 Å². The van der Waals surface area contributed by atoms with Crippen molar-refractivity contribution in [2.24, 2.45) is 5.92 Å². The number of carbonyl (C=O) groups excluding carboxylic acids is 2. The Labute approximate surface area is 171 Å². The van der Waals surface area contributed by atoms with Gasteiger partial charge in [0.25, 0.3) is 0 Å². The maximum absolute atomic E-state index is 12.5. The average molecular weight is 393 g/mol. The van der Waals surface area contributed by atoms with E-state index in [-0.39, 0.29) is 23.3 Å². The summed E-state index contributed by atoms with van der Waals surface area (Å²) >= 11 is 0. The number of rotatable bonds is 6. The van der Waals surface area contributed by atoms with Crippen molar-refractivity contribution in [3.05, 3.63) is 65.5 Å². The molecule has 2 saturated heterocycles. The maximum Gasteiger partial charge on any atom is 0.227 e. The third kappa shape index (κ3) is 4.82. The predicted molar refractivity (Wildman–Crippen MR) is 109 cm³/mol. The zero-order valence-corrected chi connectivity index (χ0v) is 16.8. The van der Waals surface area contributed by atoms with Crippen LogP contribution in [0.15, 0.2) is 48.8 Å². The minimum Gasteiger partial charge on any atom is -0.371 e. The molecule has 1 atom stereocenters. The van der Waals surface area contributed by atoms with E-state index in [0.717, 1.165) is 17.5 Å². The molecule has 6 heteroatoms. The molecule has 2 amide bonds. The normalized spacial score (nSPS) is 19.8. The lowest BCUT2D eigenvalue weighted by molar-refractivity contribution is -0.157. The van der Waals surface area contributed by atoms with E-state index in [1.165, 1.54) is 5.56 Å². The number of carbonyl (C=O) groups is 2. The van der Waals surface area contributed by atoms with Crippen LogP contribution in [0.5, 0.6) is 0 Å². The molecule has 4 rings (SSSR count). The zero-order valence-electron chi connectivity index (χ0n) is 16.8. The van der Waals surface area contributed by atoms with Gasteiger partial charge < -0.3 is 15.0 Å². The monoisotopic (exact) mass is 393 g/mol. The first kappa shape index (κ1) is 19.6. The summed E-state index contributed by atoms with van der Waals surface area (Å²) in [6, 6.07) is 11.9. The van der Waals surface area contributed by atoms with Crippen molar-refractivity contribution in [1.82, 2.24) is 15.2 Å². The highest BCUT2D eigenvalue weighted by Crippen LogP contribution is 2.39. The molecule has 2 aliphatic heterocycles. The zero-order chi connectivity index (χ0) is 20.3. The van der Waals surface area contributed by atoms with E-state index < -0.39 is 0 Å². The third-order valence-electron chi connectivity index (χ3n) is 5.79. The molecule has 29 heavy (non-hydrogen) atoms. The first-order chi connectivity index (χ1) is 14.0. The van der Waals surface area contributed by atoms with Crippen LogP contribution in [0.3, 0.4) is 0 Å². The van der Waals surface area contributed by atoms with Crippen molar-refractivity contribution in [1.29, 1.82) is 0 Å². The van der Waals surface area contributed by atoms with Crippen molar-refractivity contribution in [2.45, 2.75) is 38.3 Å². The average Bonchev–Trinajstić information content (AvgIpc) is 3.12. The van der Waals surface area contributed by atoms with Crippen molar-refractivity contribution >= 4 is 11.8 Å². The molecule has 6 nitrogen and oxygen atoms in total. The summed E-state index contributed by atoms with van der Waals surface area (Å²) in [5.41, 5.74) is 3.02. The van der Waals surface area contributed by atoms with E-state index in [9.17, 15) is 9.59 Å². The standard InChI is InChI=1S/C23H27N3O3/c1-17-2-4-18(5-3-17)11-22(28)26-15-23(16-26)12-20(14-29-23)10-21(27)25-13-19-6-8-24-9-7-19/h2-9,20H,10-16H2,1H3,(H,25,27). The van der Waals surface area contributed by atoms with Crippen molar-refractivity contribution < 1.29 is 14.3 Å². The Morgan fingerprint density at radius 2 is 1.86 bits per heavy atom. The molecule has 0 saturated carbocycles. The van der Waals surface area contributed by atoms with Crippen LogP contribution in [0.1, 0.15) is 29.5 Å². The molecule has 1 aromatic carbocycles. The van der Waals surface area contributed by atoms with E-state index in [1.54, 1.807) is 12.4 Å². The summed E-state index contributed by atoms with van der Waals surface area (Å²) < 4.78 is 6.02. The van der Waals surface area contributed by atoms with Gasteiger partial charge in [-0.15, -0.1) is 0 Å². The van der Waals surface area contributed by atoms with Gasteiger partial charge in [-0.2, -0.15) is 0 Å². The molecular weight excluding hydrogens is 366 g/mol. The van der Waals surface area contributed by atoms with Gasteiger partial charge in [-0.25, -0.2) is 0 Å². The van der Waals surface area contributed by atoms with E-state index >= 15 is 0 Å². The number of ether oxygens (including phenoxy) is 1. The molecule has 0 bridgehead atoms. The molecule has 1 spiro atoms. The van der Waals surface area contributed by atoms with E-state index in [2.05, 4.69) is 10.3 Å². The number of amides is 2. The Morgan fingerprint density at radius 1 is 1.14 bits per heavy atom. The number of benzene rings is 1. The summed E-state index contributed by atoms with van der Waals surface area (Å²) in [6.45, 7) is 4.40. The summed E-state index contributed by atoms with van der Waals surface area (Å²) in [6.07, 6.45) is 5.17. The molecule has 1 aromatic heterocycles. The van der Waals surface area contributed by atoms with Gasteiger partial charge >= 0.3 is 0 Å². The second-order valence-corrected chi connectivity index (χ2v) is 8.31. The van der Waals surface area contributed by atoms with Crippen LogP contribution in [-0.4, -0.2) is 47.0 Å². The van der Waals surface area contributed by atoms with Crippen molar-refractivity contribution in [3.8, 4) is 0 Å². The molecule has 152 valence electrons. The lowest BCUT2D eigenvalue weighted by atomic mass is 9.85. The second kappa shape index (κ2) is 8.33. The van der Waals surface area contributed by atoms with Crippen LogP contribution in [0, 0.1) is 12.8 Å². The molecular formula is C23H27N3O3. The van der Waals surface area contributed by atoms with Gasteiger partial charge in [0.2, 0.25) is 11.8 Å². The first-order valence-corrected chi connectivity index (χ1v) is 10.1. The Bertz CT molecular complexity index is 861. The Morgan fingerprint density at radius 3 is 2.59 bits per heavy atom. The summed E-state index contributed by atoms with van der Waals surface area (Å²) in [7, 11) is 0. The van der Waals surface area contributed by atoms with Gasteiger partial charge in [-0.05, 0) is 42.5 Å². The number of hydrogen-bond acceptors (Lipinski definition) is 4. The smallest absolute Gasteiger partial charge is 0.227 e. The van der Waals surface area contributed by atoms with E-state index in [0.29, 0.717) is 39.1 Å². The molecule has 2 fully saturated rings. The first-order valence-electron chi connectivity index (χ1n) is 10.1. The van der Waals surface area contributed by atoms with Crippen LogP contribution in [0.2, 0.25) is 0 Å². The van der Waals surface area contributed by atoms with Crippen LogP contribution in [0.25, 0.3) is 0 Å². The van der Waals surface area contributed by atoms with Gasteiger partial charge in [-0.3, -0.25) is 14.6 Å². The van der Waals surface area contributed by atoms with Crippen LogP contribution < -0.4 is 5.32 Å². The van der Waals surface area contributed by atoms with Gasteiger partial charge in [-0.1, -0.05) is 29.8 Å². The molecule has 0 radical (unpaired) electrons. The Balaban J connectivity index is 1.19. The fourth-order valence-electron chi connectivity index (χ4n) is 4.14. The quantitative estimate of drug-likeness (QED) is 0.817. The van der Waals surface area contributed by atoms with E-state index in [1.807, 2.05) is 48.2 Å². The van der Waals surface area contributed by atoms with Gasteiger partial charge in [0.1, 0.15) is 5.60 Å². The topological polar surface area (TPSA) is 71.5 Å². The predicted octanol–water partition coefficient (Wildman–Crippen LogP) is 2.26. The highest BCUT2D eigenvalue weighted by atomic mass is 16.5. The fraction of sp³-hybridized carbons (Fsp3) is 0.435. The Hall–Kier alpha value is -2.73. The lowest BCUT2D eigenvalue weighted by Gasteiger charge is -2.47. The highest BCUT2D eigenvalue weighted by Gasteiger charge is 2.51. The third-order valence-corrected chi connectivity index (χ3v) is 5.79. The Kier molecular flexibility index (Phi) is 5.62. The van der Waals surface area contributed by atoms with Gasteiger partial charge in [0.05, 0.1) is 26.1 Å². The van der Waals surface area contributed by atoms with Gasteiger partial charge in [0.15, 0.2) is 0 Å². The second-order valence-electron chi connectivity index (χ2n) is 8.31. The van der Waals surface area contributed by atoms with Crippen LogP contribution >= 0.6 is 0 Å². The summed E-state index contributed by atoms with van der Waals surface area (Å²) in [5, 5.41) is 2.96. The molecule has 1 N–H and O–H groups in total. The van der Waals surface area contributed by atoms with Crippen molar-refractivity contribution in [2.75, 3.05) is 19.7 Å². The minimum absolute atomic E-state index is 0.0408. The summed E-state index contributed by atoms with van der Waals surface area (Å²) in [5.74, 6) is 0.391. The number of likely N-dealkylation sites (tertiary alicyclic amines) is 1. The largest absolute Gasteiger partial charge is 0.371 e. The number of nitrogens with one attached hydrogen (secondary N) is 1. The highest BCUT2D eigenvalue weighted by molar-refractivity contribution is 5.80. The maximum atomic E-state index is 12.5. The summed E-state index contributed by atoms with van der Waals surface area (Å²) in [4.78, 5) is 30.6. The number of aryl methyl sites for hydroxylation is 1. The lowest BCUT2D eigenvalue weighted by Crippen LogP contribution is -2.63. The van der Waals surface area contributed by atoms with Crippen molar-refractivity contribution in [3.63, 3.8) is 0 Å². The number of nitrogens with zero attached hydrogens (tertiary/aromatic N) is 2. The SMILES string of the molecule is Cc1ccc(CC(=O)N2CC3(CC(CC(=O)NCc4ccncc4)CO3)C2)cc1. The number of hydrogen-bond donors (Lipinski definition) is 1. The molecule has 2 aliphatic rings. The molecule has 0 aliphatic carbocycles. The fourth-order valence-corrected chi connectivity index (χ4v) is 4.14. The van der Waals surface area contributed by atoms with Crippen LogP contribution in [-0.2, 0) is 27.3 Å². The van der Waals surface area contributed by atoms with Crippen LogP contribution in [0.4, 0.5) is 0 Å². The molecule has 2 aromatic rings.